The number of hydrogen-bond acceptors (Lipinski definition) is 5. The molecule has 1 aliphatic rings. The summed E-state index contributed by atoms with van der Waals surface area (Å²) >= 11 is 0. The standard InChI is InChI=1S/C20H28N4O3/c1-6-8-14-12-21-24-17(26-5)11-16(22-18(14)24)15-9-7-10-23(13-15)19(25)27-20(2,3)4/h6,8,11-12,15H,7,9-10,13H2,1-5H3/b8-6+. The van der Waals surface area contributed by atoms with Crippen LogP contribution in [0.25, 0.3) is 11.7 Å². The van der Waals surface area contributed by atoms with Crippen LogP contribution in [0.1, 0.15) is 57.7 Å². The van der Waals surface area contributed by atoms with E-state index in [-0.39, 0.29) is 12.0 Å². The molecule has 3 heterocycles. The van der Waals surface area contributed by atoms with Crippen molar-refractivity contribution in [3.05, 3.63) is 29.6 Å². The number of methoxy groups -OCH3 is 1. The average Bonchev–Trinajstić information content (AvgIpc) is 3.03. The molecule has 1 fully saturated rings. The molecule has 0 N–H and O–H groups in total. The van der Waals surface area contributed by atoms with Crippen molar-refractivity contribution in [2.45, 2.75) is 52.1 Å². The summed E-state index contributed by atoms with van der Waals surface area (Å²) in [6, 6.07) is 1.92. The van der Waals surface area contributed by atoms with E-state index in [1.807, 2.05) is 45.9 Å². The number of fused-ring (bicyclic) bond motifs is 1. The molecular formula is C20H28N4O3. The molecule has 1 aliphatic heterocycles. The van der Waals surface area contributed by atoms with E-state index in [1.165, 1.54) is 0 Å². The van der Waals surface area contributed by atoms with Crippen LogP contribution in [0.4, 0.5) is 4.79 Å². The first-order chi connectivity index (χ1) is 12.8. The van der Waals surface area contributed by atoms with Crippen LogP contribution in [0.3, 0.4) is 0 Å². The van der Waals surface area contributed by atoms with E-state index in [1.54, 1.807) is 22.7 Å². The van der Waals surface area contributed by atoms with Crippen LogP contribution in [0.2, 0.25) is 0 Å². The number of nitrogens with zero attached hydrogens (tertiary/aromatic N) is 4. The first kappa shape index (κ1) is 19.2. The highest BCUT2D eigenvalue weighted by molar-refractivity contribution is 5.68. The number of piperidine rings is 1. The second-order valence-corrected chi connectivity index (χ2v) is 7.82. The molecule has 3 rings (SSSR count). The second kappa shape index (κ2) is 7.58. The maximum atomic E-state index is 12.5. The van der Waals surface area contributed by atoms with Crippen molar-refractivity contribution in [1.82, 2.24) is 19.5 Å². The number of carbonyl (C=O) groups is 1. The topological polar surface area (TPSA) is 69.0 Å². The summed E-state index contributed by atoms with van der Waals surface area (Å²) in [6.45, 7) is 8.92. The number of allylic oxidation sites excluding steroid dienone is 1. The predicted molar refractivity (Wildman–Crippen MR) is 104 cm³/mol. The Labute approximate surface area is 160 Å². The Balaban J connectivity index is 1.89. The van der Waals surface area contributed by atoms with Gasteiger partial charge < -0.3 is 14.4 Å². The molecule has 1 atom stereocenters. The van der Waals surface area contributed by atoms with Gasteiger partial charge in [0, 0.05) is 30.6 Å². The van der Waals surface area contributed by atoms with Gasteiger partial charge in [-0.15, -0.1) is 0 Å². The third kappa shape index (κ3) is 4.23. The molecular weight excluding hydrogens is 344 g/mol. The fourth-order valence-corrected chi connectivity index (χ4v) is 3.33. The molecule has 0 spiro atoms. The fourth-order valence-electron chi connectivity index (χ4n) is 3.33. The zero-order valence-corrected chi connectivity index (χ0v) is 16.7. The lowest BCUT2D eigenvalue weighted by Gasteiger charge is -2.34. The molecule has 1 saturated heterocycles. The molecule has 0 aromatic carbocycles. The first-order valence-electron chi connectivity index (χ1n) is 9.35. The van der Waals surface area contributed by atoms with Crippen molar-refractivity contribution in [1.29, 1.82) is 0 Å². The van der Waals surface area contributed by atoms with Gasteiger partial charge in [0.05, 0.1) is 19.0 Å². The minimum atomic E-state index is -0.497. The molecule has 0 radical (unpaired) electrons. The Bertz CT molecular complexity index is 851. The number of hydrogen-bond donors (Lipinski definition) is 0. The number of likely N-dealkylation sites (tertiary alicyclic amines) is 1. The summed E-state index contributed by atoms with van der Waals surface area (Å²) in [7, 11) is 1.63. The Kier molecular flexibility index (Phi) is 5.39. The van der Waals surface area contributed by atoms with Crippen molar-refractivity contribution >= 4 is 17.8 Å². The lowest BCUT2D eigenvalue weighted by atomic mass is 9.94. The fraction of sp³-hybridized carbons (Fsp3) is 0.550. The first-order valence-corrected chi connectivity index (χ1v) is 9.35. The minimum Gasteiger partial charge on any atom is -0.481 e. The number of aromatic nitrogens is 3. The predicted octanol–water partition coefficient (Wildman–Crippen LogP) is 3.89. The van der Waals surface area contributed by atoms with Crippen LogP contribution in [0.15, 0.2) is 18.3 Å². The third-order valence-corrected chi connectivity index (χ3v) is 4.53. The highest BCUT2D eigenvalue weighted by atomic mass is 16.6. The molecule has 27 heavy (non-hydrogen) atoms. The number of rotatable bonds is 3. The van der Waals surface area contributed by atoms with Gasteiger partial charge in [-0.25, -0.2) is 9.78 Å². The molecule has 0 bridgehead atoms. The van der Waals surface area contributed by atoms with Gasteiger partial charge in [-0.1, -0.05) is 12.2 Å². The van der Waals surface area contributed by atoms with E-state index in [0.29, 0.717) is 19.0 Å². The summed E-state index contributed by atoms with van der Waals surface area (Å²) in [5, 5.41) is 4.37. The second-order valence-electron chi connectivity index (χ2n) is 7.82. The highest BCUT2D eigenvalue weighted by Crippen LogP contribution is 2.30. The maximum absolute atomic E-state index is 12.5. The number of ether oxygens (including phenoxy) is 2. The van der Waals surface area contributed by atoms with Crippen LogP contribution >= 0.6 is 0 Å². The molecule has 146 valence electrons. The summed E-state index contributed by atoms with van der Waals surface area (Å²) in [5.41, 5.74) is 2.12. The molecule has 7 nitrogen and oxygen atoms in total. The van der Waals surface area contributed by atoms with E-state index < -0.39 is 5.60 Å². The Morgan fingerprint density at radius 2 is 2.15 bits per heavy atom. The summed E-state index contributed by atoms with van der Waals surface area (Å²) in [6.07, 6.45) is 7.34. The Morgan fingerprint density at radius 3 is 2.81 bits per heavy atom. The van der Waals surface area contributed by atoms with Gasteiger partial charge in [-0.2, -0.15) is 9.61 Å². The van der Waals surface area contributed by atoms with Gasteiger partial charge in [-0.3, -0.25) is 0 Å². The van der Waals surface area contributed by atoms with Gasteiger partial charge in [-0.05, 0) is 40.5 Å². The lowest BCUT2D eigenvalue weighted by Crippen LogP contribution is -2.42. The molecule has 1 unspecified atom stereocenters. The lowest BCUT2D eigenvalue weighted by molar-refractivity contribution is 0.0197. The van der Waals surface area contributed by atoms with Crippen molar-refractivity contribution in [2.24, 2.45) is 0 Å². The van der Waals surface area contributed by atoms with Gasteiger partial charge in [0.2, 0.25) is 5.88 Å². The van der Waals surface area contributed by atoms with Crippen molar-refractivity contribution < 1.29 is 14.3 Å². The van der Waals surface area contributed by atoms with E-state index in [0.717, 1.165) is 29.7 Å². The number of carbonyl (C=O) groups excluding carboxylic acids is 1. The molecule has 2 aromatic rings. The van der Waals surface area contributed by atoms with E-state index >= 15 is 0 Å². The van der Waals surface area contributed by atoms with Gasteiger partial charge >= 0.3 is 6.09 Å². The minimum absolute atomic E-state index is 0.138. The van der Waals surface area contributed by atoms with Crippen LogP contribution in [-0.4, -0.2) is 51.4 Å². The number of amides is 1. The molecule has 1 amide bonds. The molecule has 0 aliphatic carbocycles. The summed E-state index contributed by atoms with van der Waals surface area (Å²) in [5.74, 6) is 0.777. The smallest absolute Gasteiger partial charge is 0.410 e. The van der Waals surface area contributed by atoms with Crippen molar-refractivity contribution in [3.8, 4) is 5.88 Å². The van der Waals surface area contributed by atoms with Crippen LogP contribution in [0, 0.1) is 0 Å². The normalized spacial score (nSPS) is 18.3. The largest absolute Gasteiger partial charge is 0.481 e. The quantitative estimate of drug-likeness (QED) is 0.818. The van der Waals surface area contributed by atoms with Crippen LogP contribution in [-0.2, 0) is 4.74 Å². The van der Waals surface area contributed by atoms with Crippen molar-refractivity contribution in [2.75, 3.05) is 20.2 Å². The van der Waals surface area contributed by atoms with Gasteiger partial charge in [0.15, 0.2) is 5.65 Å². The zero-order valence-electron chi connectivity index (χ0n) is 16.7. The van der Waals surface area contributed by atoms with E-state index in [4.69, 9.17) is 14.5 Å². The van der Waals surface area contributed by atoms with Crippen molar-refractivity contribution in [3.63, 3.8) is 0 Å². The maximum Gasteiger partial charge on any atom is 0.410 e. The SMILES string of the molecule is C/C=C/c1cnn2c(OC)cc(C3CCCN(C(=O)OC(C)(C)C)C3)nc12. The Hall–Kier alpha value is -2.57. The van der Waals surface area contributed by atoms with E-state index in [2.05, 4.69) is 5.10 Å². The van der Waals surface area contributed by atoms with Gasteiger partial charge in [0.1, 0.15) is 5.60 Å². The summed E-state index contributed by atoms with van der Waals surface area (Å²) in [4.78, 5) is 19.1. The molecule has 2 aromatic heterocycles. The summed E-state index contributed by atoms with van der Waals surface area (Å²) < 4.78 is 12.8. The highest BCUT2D eigenvalue weighted by Gasteiger charge is 2.29. The zero-order chi connectivity index (χ0) is 19.6. The van der Waals surface area contributed by atoms with Crippen LogP contribution in [0.5, 0.6) is 5.88 Å². The van der Waals surface area contributed by atoms with Gasteiger partial charge in [0.25, 0.3) is 0 Å². The monoisotopic (exact) mass is 372 g/mol. The molecule has 7 heteroatoms. The third-order valence-electron chi connectivity index (χ3n) is 4.53. The average molecular weight is 372 g/mol. The molecule has 0 saturated carbocycles. The van der Waals surface area contributed by atoms with E-state index in [9.17, 15) is 4.79 Å². The Morgan fingerprint density at radius 1 is 1.37 bits per heavy atom. The van der Waals surface area contributed by atoms with Crippen LogP contribution < -0.4 is 4.74 Å².